The van der Waals surface area contributed by atoms with Crippen LogP contribution in [0.4, 0.5) is 5.69 Å². The van der Waals surface area contributed by atoms with Gasteiger partial charge in [0.15, 0.2) is 0 Å². The van der Waals surface area contributed by atoms with Crippen molar-refractivity contribution in [1.29, 1.82) is 0 Å². The van der Waals surface area contributed by atoms with Gasteiger partial charge in [0.1, 0.15) is 0 Å². The fraction of sp³-hybridized carbons (Fsp3) is 0.533. The largest absolute Gasteiger partial charge is 0.380 e. The molecule has 4 heteroatoms. The Morgan fingerprint density at radius 1 is 1.21 bits per heavy atom. The zero-order valence-electron chi connectivity index (χ0n) is 11.1. The van der Waals surface area contributed by atoms with Gasteiger partial charge in [-0.1, -0.05) is 12.5 Å². The number of hydrogen-bond acceptors (Lipinski definition) is 3. The van der Waals surface area contributed by atoms with Gasteiger partial charge >= 0.3 is 0 Å². The van der Waals surface area contributed by atoms with Crippen molar-refractivity contribution in [3.8, 4) is 0 Å². The van der Waals surface area contributed by atoms with Crippen LogP contribution < -0.4 is 5.32 Å². The number of nitrogens with one attached hydrogen (secondary N) is 2. The molecule has 0 bridgehead atoms. The Labute approximate surface area is 113 Å². The van der Waals surface area contributed by atoms with E-state index in [0.29, 0.717) is 6.04 Å². The van der Waals surface area contributed by atoms with E-state index in [0.717, 1.165) is 11.6 Å². The number of nitrogens with zero attached hydrogens (tertiary/aromatic N) is 2. The smallest absolute Gasteiger partial charge is 0.0671 e. The molecule has 0 aliphatic carbocycles. The zero-order valence-corrected chi connectivity index (χ0v) is 11.1. The molecule has 0 radical (unpaired) electrons. The highest BCUT2D eigenvalue weighted by Crippen LogP contribution is 2.31. The minimum atomic E-state index is 0.598. The van der Waals surface area contributed by atoms with E-state index in [1.807, 2.05) is 6.20 Å². The van der Waals surface area contributed by atoms with Crippen molar-refractivity contribution in [2.45, 2.75) is 37.8 Å². The van der Waals surface area contributed by atoms with E-state index >= 15 is 0 Å². The highest BCUT2D eigenvalue weighted by molar-refractivity contribution is 5.90. The maximum Gasteiger partial charge on any atom is 0.0671 e. The van der Waals surface area contributed by atoms with Gasteiger partial charge in [-0.2, -0.15) is 5.10 Å². The molecule has 1 aromatic carbocycles. The number of aromatic amines is 1. The predicted molar refractivity (Wildman–Crippen MR) is 77.3 cm³/mol. The molecule has 100 valence electrons. The summed E-state index contributed by atoms with van der Waals surface area (Å²) in [4.78, 5) is 2.66. The van der Waals surface area contributed by atoms with E-state index < -0.39 is 0 Å². The van der Waals surface area contributed by atoms with Gasteiger partial charge in [-0.25, -0.2) is 0 Å². The van der Waals surface area contributed by atoms with Gasteiger partial charge in [0.25, 0.3) is 0 Å². The summed E-state index contributed by atoms with van der Waals surface area (Å²) in [6, 6.07) is 7.67. The van der Waals surface area contributed by atoms with E-state index in [1.165, 1.54) is 49.8 Å². The Kier molecular flexibility index (Phi) is 2.69. The Balaban J connectivity index is 1.59. The molecule has 0 saturated carbocycles. The molecule has 0 amide bonds. The lowest BCUT2D eigenvalue weighted by Crippen LogP contribution is -2.41. The number of benzene rings is 1. The summed E-state index contributed by atoms with van der Waals surface area (Å²) in [7, 11) is 0. The molecule has 2 aromatic rings. The molecule has 19 heavy (non-hydrogen) atoms. The number of H-pyrrole nitrogens is 1. The summed E-state index contributed by atoms with van der Waals surface area (Å²) in [5.41, 5.74) is 2.34. The zero-order chi connectivity index (χ0) is 12.7. The number of rotatable bonds is 2. The van der Waals surface area contributed by atoms with Crippen molar-refractivity contribution >= 4 is 16.6 Å². The van der Waals surface area contributed by atoms with E-state index in [1.54, 1.807) is 0 Å². The van der Waals surface area contributed by atoms with E-state index in [2.05, 4.69) is 38.6 Å². The molecule has 2 saturated heterocycles. The van der Waals surface area contributed by atoms with Crippen LogP contribution in [-0.4, -0.2) is 40.3 Å². The predicted octanol–water partition coefficient (Wildman–Crippen LogP) is 2.60. The maximum absolute atomic E-state index is 4.14. The Morgan fingerprint density at radius 3 is 3.21 bits per heavy atom. The van der Waals surface area contributed by atoms with Crippen LogP contribution in [0, 0.1) is 0 Å². The SMILES string of the molecule is c1cc(NC2CCN3CCCCC23)c2cn[nH]c2c1. The van der Waals surface area contributed by atoms with Gasteiger partial charge in [-0.3, -0.25) is 10.00 Å². The lowest BCUT2D eigenvalue weighted by molar-refractivity contribution is 0.193. The van der Waals surface area contributed by atoms with Crippen molar-refractivity contribution in [3.63, 3.8) is 0 Å². The van der Waals surface area contributed by atoms with Gasteiger partial charge in [-0.05, 0) is 37.9 Å². The minimum absolute atomic E-state index is 0.598. The second-order valence-electron chi connectivity index (χ2n) is 5.78. The molecule has 2 fully saturated rings. The van der Waals surface area contributed by atoms with Crippen molar-refractivity contribution in [1.82, 2.24) is 15.1 Å². The summed E-state index contributed by atoms with van der Waals surface area (Å²) >= 11 is 0. The van der Waals surface area contributed by atoms with Crippen LogP contribution in [0.1, 0.15) is 25.7 Å². The quantitative estimate of drug-likeness (QED) is 0.868. The van der Waals surface area contributed by atoms with Crippen LogP contribution in [0.2, 0.25) is 0 Å². The molecule has 2 N–H and O–H groups in total. The van der Waals surface area contributed by atoms with Gasteiger partial charge in [-0.15, -0.1) is 0 Å². The summed E-state index contributed by atoms with van der Waals surface area (Å²) in [6.07, 6.45) is 7.29. The average Bonchev–Trinajstić information content (AvgIpc) is 3.06. The van der Waals surface area contributed by atoms with Crippen LogP contribution in [0.25, 0.3) is 10.9 Å². The summed E-state index contributed by atoms with van der Waals surface area (Å²) in [6.45, 7) is 2.54. The summed E-state index contributed by atoms with van der Waals surface area (Å²) < 4.78 is 0. The first-order valence-electron chi connectivity index (χ1n) is 7.34. The van der Waals surface area contributed by atoms with Gasteiger partial charge in [0, 0.05) is 29.7 Å². The molecule has 4 rings (SSSR count). The maximum atomic E-state index is 4.14. The molecule has 1 aromatic heterocycles. The molecular formula is C15H20N4. The molecule has 4 nitrogen and oxygen atoms in total. The first-order valence-corrected chi connectivity index (χ1v) is 7.34. The first-order chi connectivity index (χ1) is 9.42. The standard InChI is InChI=1S/C15H20N4/c1-2-8-19-9-7-14(15(19)6-1)17-12-4-3-5-13-11(12)10-16-18-13/h3-5,10,14-15,17H,1-2,6-9H2,(H,16,18). The number of anilines is 1. The van der Waals surface area contributed by atoms with Crippen molar-refractivity contribution in [2.24, 2.45) is 0 Å². The normalized spacial score (nSPS) is 27.6. The lowest BCUT2D eigenvalue weighted by atomic mass is 9.98. The Bertz CT molecular complexity index is 576. The van der Waals surface area contributed by atoms with Crippen molar-refractivity contribution < 1.29 is 0 Å². The molecule has 2 atom stereocenters. The van der Waals surface area contributed by atoms with Crippen LogP contribution >= 0.6 is 0 Å². The van der Waals surface area contributed by atoms with E-state index in [9.17, 15) is 0 Å². The molecule has 2 aliphatic heterocycles. The van der Waals surface area contributed by atoms with Gasteiger partial charge < -0.3 is 5.32 Å². The third kappa shape index (κ3) is 1.91. The number of fused-ring (bicyclic) bond motifs is 2. The molecule has 0 spiro atoms. The molecule has 2 aliphatic rings. The third-order valence-electron chi connectivity index (χ3n) is 4.68. The number of aromatic nitrogens is 2. The fourth-order valence-electron chi connectivity index (χ4n) is 3.71. The molecule has 3 heterocycles. The van der Waals surface area contributed by atoms with Gasteiger partial charge in [0.2, 0.25) is 0 Å². The molecule has 2 unspecified atom stereocenters. The Hall–Kier alpha value is -1.55. The van der Waals surface area contributed by atoms with E-state index in [-0.39, 0.29) is 0 Å². The van der Waals surface area contributed by atoms with Crippen LogP contribution in [0.3, 0.4) is 0 Å². The number of hydrogen-bond donors (Lipinski definition) is 2. The highest BCUT2D eigenvalue weighted by atomic mass is 15.2. The topological polar surface area (TPSA) is 44.0 Å². The first kappa shape index (κ1) is 11.3. The minimum Gasteiger partial charge on any atom is -0.380 e. The molecular weight excluding hydrogens is 236 g/mol. The second-order valence-corrected chi connectivity index (χ2v) is 5.78. The van der Waals surface area contributed by atoms with Crippen LogP contribution in [-0.2, 0) is 0 Å². The highest BCUT2D eigenvalue weighted by Gasteiger charge is 2.35. The average molecular weight is 256 g/mol. The van der Waals surface area contributed by atoms with Crippen molar-refractivity contribution in [2.75, 3.05) is 18.4 Å². The third-order valence-corrected chi connectivity index (χ3v) is 4.68. The monoisotopic (exact) mass is 256 g/mol. The van der Waals surface area contributed by atoms with Crippen LogP contribution in [0.15, 0.2) is 24.4 Å². The second kappa shape index (κ2) is 4.53. The van der Waals surface area contributed by atoms with Gasteiger partial charge in [0.05, 0.1) is 11.7 Å². The number of piperidine rings is 1. The Morgan fingerprint density at radius 2 is 2.21 bits per heavy atom. The summed E-state index contributed by atoms with van der Waals surface area (Å²) in [5, 5.41) is 12.2. The van der Waals surface area contributed by atoms with Crippen LogP contribution in [0.5, 0.6) is 0 Å². The summed E-state index contributed by atoms with van der Waals surface area (Å²) in [5.74, 6) is 0. The lowest BCUT2D eigenvalue weighted by Gasteiger charge is -2.33. The van der Waals surface area contributed by atoms with E-state index in [4.69, 9.17) is 0 Å². The fourth-order valence-corrected chi connectivity index (χ4v) is 3.71. The van der Waals surface area contributed by atoms with Crippen molar-refractivity contribution in [3.05, 3.63) is 24.4 Å².